The predicted octanol–water partition coefficient (Wildman–Crippen LogP) is 3.95. The fourth-order valence-electron chi connectivity index (χ4n) is 5.32. The van der Waals surface area contributed by atoms with Gasteiger partial charge in [-0.25, -0.2) is 0 Å². The van der Waals surface area contributed by atoms with E-state index >= 15 is 0 Å². The number of piperazine rings is 1. The molecule has 0 aliphatic carbocycles. The van der Waals surface area contributed by atoms with Gasteiger partial charge in [0.05, 0.1) is 6.04 Å². The maximum atomic E-state index is 12.8. The molecule has 1 saturated heterocycles. The van der Waals surface area contributed by atoms with Crippen molar-refractivity contribution in [2.45, 2.75) is 32.0 Å². The molecule has 4 aromatic rings. The van der Waals surface area contributed by atoms with Gasteiger partial charge in [0.1, 0.15) is 0 Å². The molecule has 0 saturated carbocycles. The van der Waals surface area contributed by atoms with Crippen molar-refractivity contribution >= 4 is 34.1 Å². The molecule has 2 atom stereocenters. The molecule has 2 aromatic heterocycles. The Morgan fingerprint density at radius 3 is 2.47 bits per heavy atom. The predicted molar refractivity (Wildman–Crippen MR) is 153 cm³/mol. The van der Waals surface area contributed by atoms with Crippen molar-refractivity contribution in [1.29, 1.82) is 0 Å². The third-order valence-electron chi connectivity index (χ3n) is 7.28. The van der Waals surface area contributed by atoms with E-state index in [1.54, 1.807) is 11.3 Å². The van der Waals surface area contributed by atoms with Crippen LogP contribution in [-0.2, 0) is 22.6 Å². The zero-order chi connectivity index (χ0) is 26.3. The van der Waals surface area contributed by atoms with Gasteiger partial charge in [0.2, 0.25) is 0 Å². The second kappa shape index (κ2) is 12.4. The van der Waals surface area contributed by atoms with Crippen LogP contribution >= 0.6 is 11.3 Å². The summed E-state index contributed by atoms with van der Waals surface area (Å²) in [5.41, 5.74) is 3.52. The summed E-state index contributed by atoms with van der Waals surface area (Å²) in [6.45, 7) is 7.10. The van der Waals surface area contributed by atoms with Crippen LogP contribution < -0.4 is 10.6 Å². The highest BCUT2D eigenvalue weighted by molar-refractivity contribution is 7.10. The fraction of sp³-hybridized carbons (Fsp3) is 0.333. The van der Waals surface area contributed by atoms with Crippen LogP contribution in [0.4, 0.5) is 0 Å². The first kappa shape index (κ1) is 26.2. The number of aromatic nitrogens is 1. The molecule has 3 heterocycles. The first-order chi connectivity index (χ1) is 18.6. The molecule has 0 radical (unpaired) electrons. The number of rotatable bonds is 9. The fourth-order valence-corrected chi connectivity index (χ4v) is 6.29. The summed E-state index contributed by atoms with van der Waals surface area (Å²) in [4.78, 5) is 34.8. The van der Waals surface area contributed by atoms with E-state index in [-0.39, 0.29) is 12.1 Å². The molecule has 0 bridgehead atoms. The number of thiophene rings is 1. The number of hydrogen-bond acceptors (Lipinski definition) is 5. The molecule has 7 nitrogen and oxygen atoms in total. The average Bonchev–Trinajstić information content (AvgIpc) is 3.61. The standard InChI is InChI=1S/C30H35N5O2S/c1-22(33-30(37)29(36)31-14-13-24-20-32-26-11-6-5-10-25(24)26)28(27-12-7-19-38-27)35-17-15-34(16-18-35)21-23-8-3-2-4-9-23/h2-12,19-20,22,28,32H,13-18,21H2,1H3,(H,31,36)(H,33,37)/t22-,28+/m0/s1. The number of aromatic amines is 1. The monoisotopic (exact) mass is 529 g/mol. The van der Waals surface area contributed by atoms with Crippen LogP contribution in [0.25, 0.3) is 10.9 Å². The van der Waals surface area contributed by atoms with Crippen LogP contribution in [0, 0.1) is 0 Å². The van der Waals surface area contributed by atoms with Crippen molar-refractivity contribution < 1.29 is 9.59 Å². The highest BCUT2D eigenvalue weighted by Gasteiger charge is 2.31. The maximum Gasteiger partial charge on any atom is 0.309 e. The van der Waals surface area contributed by atoms with Crippen LogP contribution in [0.1, 0.15) is 29.0 Å². The molecule has 1 aliphatic heterocycles. The van der Waals surface area contributed by atoms with Gasteiger partial charge in [-0.05, 0) is 42.0 Å². The molecule has 0 spiro atoms. The lowest BCUT2D eigenvalue weighted by atomic mass is 10.0. The minimum absolute atomic E-state index is 0.0249. The van der Waals surface area contributed by atoms with E-state index in [1.807, 2.05) is 43.5 Å². The molecule has 2 amide bonds. The smallest absolute Gasteiger partial charge is 0.309 e. The van der Waals surface area contributed by atoms with Gasteiger partial charge in [-0.1, -0.05) is 54.6 Å². The van der Waals surface area contributed by atoms with E-state index in [2.05, 4.69) is 67.2 Å². The Labute approximate surface area is 227 Å². The summed E-state index contributed by atoms with van der Waals surface area (Å²) in [5, 5.41) is 8.98. The minimum Gasteiger partial charge on any atom is -0.361 e. The first-order valence-electron chi connectivity index (χ1n) is 13.3. The molecule has 2 aromatic carbocycles. The molecule has 3 N–H and O–H groups in total. The SMILES string of the molecule is C[C@H](NC(=O)C(=O)NCCc1c[nH]c2ccccc12)[C@H](c1cccs1)N1CCN(Cc2ccccc2)CC1. The third kappa shape index (κ3) is 6.32. The van der Waals surface area contributed by atoms with E-state index in [1.165, 1.54) is 10.4 Å². The summed E-state index contributed by atoms with van der Waals surface area (Å²) in [5.74, 6) is -1.17. The van der Waals surface area contributed by atoms with E-state index in [4.69, 9.17) is 0 Å². The number of para-hydroxylation sites is 1. The number of hydrogen-bond donors (Lipinski definition) is 3. The molecule has 0 unspecified atom stereocenters. The van der Waals surface area contributed by atoms with Crippen LogP contribution in [-0.4, -0.2) is 65.4 Å². The van der Waals surface area contributed by atoms with Gasteiger partial charge in [-0.3, -0.25) is 19.4 Å². The van der Waals surface area contributed by atoms with Crippen molar-refractivity contribution in [3.8, 4) is 0 Å². The lowest BCUT2D eigenvalue weighted by Crippen LogP contribution is -2.53. The Morgan fingerprint density at radius 1 is 0.947 bits per heavy atom. The lowest BCUT2D eigenvalue weighted by Gasteiger charge is -2.41. The van der Waals surface area contributed by atoms with E-state index in [0.29, 0.717) is 13.0 Å². The van der Waals surface area contributed by atoms with Crippen molar-refractivity contribution in [2.75, 3.05) is 32.7 Å². The summed E-state index contributed by atoms with van der Waals surface area (Å²) in [6, 6.07) is 22.6. The largest absolute Gasteiger partial charge is 0.361 e. The van der Waals surface area contributed by atoms with Crippen molar-refractivity contribution in [2.24, 2.45) is 0 Å². The van der Waals surface area contributed by atoms with Crippen LogP contribution in [0.5, 0.6) is 0 Å². The Balaban J connectivity index is 1.14. The van der Waals surface area contributed by atoms with Gasteiger partial charge in [0.15, 0.2) is 0 Å². The molecular formula is C30H35N5O2S. The van der Waals surface area contributed by atoms with Gasteiger partial charge in [0, 0.05) is 67.3 Å². The van der Waals surface area contributed by atoms with Gasteiger partial charge in [-0.15, -0.1) is 11.3 Å². The molecule has 38 heavy (non-hydrogen) atoms. The number of carbonyl (C=O) groups is 2. The summed E-state index contributed by atoms with van der Waals surface area (Å²) >= 11 is 1.70. The molecular weight excluding hydrogens is 494 g/mol. The molecule has 8 heteroatoms. The summed E-state index contributed by atoms with van der Waals surface area (Å²) < 4.78 is 0. The van der Waals surface area contributed by atoms with Crippen LogP contribution in [0.3, 0.4) is 0 Å². The summed E-state index contributed by atoms with van der Waals surface area (Å²) in [7, 11) is 0. The number of carbonyl (C=O) groups excluding carboxylic acids is 2. The number of benzene rings is 2. The summed E-state index contributed by atoms with van der Waals surface area (Å²) in [6.07, 6.45) is 2.62. The molecule has 1 aliphatic rings. The van der Waals surface area contributed by atoms with Gasteiger partial charge in [0.25, 0.3) is 0 Å². The second-order valence-corrected chi connectivity index (χ2v) is 10.9. The quantitative estimate of drug-likeness (QED) is 0.287. The number of nitrogens with one attached hydrogen (secondary N) is 3. The van der Waals surface area contributed by atoms with Gasteiger partial charge >= 0.3 is 11.8 Å². The Hall–Kier alpha value is -3.46. The van der Waals surface area contributed by atoms with Crippen molar-refractivity contribution in [3.63, 3.8) is 0 Å². The molecule has 198 valence electrons. The maximum absolute atomic E-state index is 12.8. The highest BCUT2D eigenvalue weighted by atomic mass is 32.1. The van der Waals surface area contributed by atoms with Crippen molar-refractivity contribution in [3.05, 3.63) is 94.3 Å². The van der Waals surface area contributed by atoms with Crippen LogP contribution in [0.2, 0.25) is 0 Å². The van der Waals surface area contributed by atoms with Gasteiger partial charge in [-0.2, -0.15) is 0 Å². The number of nitrogens with zero attached hydrogens (tertiary/aromatic N) is 2. The second-order valence-electron chi connectivity index (χ2n) is 9.89. The highest BCUT2D eigenvalue weighted by Crippen LogP contribution is 2.29. The minimum atomic E-state index is -0.589. The van der Waals surface area contributed by atoms with E-state index < -0.39 is 11.8 Å². The Morgan fingerprint density at radius 2 is 1.71 bits per heavy atom. The lowest BCUT2D eigenvalue weighted by molar-refractivity contribution is -0.139. The Bertz CT molecular complexity index is 1330. The number of amides is 2. The molecule has 5 rings (SSSR count). The van der Waals surface area contributed by atoms with Gasteiger partial charge < -0.3 is 15.6 Å². The van der Waals surface area contributed by atoms with Crippen LogP contribution in [0.15, 0.2) is 78.3 Å². The zero-order valence-electron chi connectivity index (χ0n) is 21.7. The molecule has 1 fully saturated rings. The number of fused-ring (bicyclic) bond motifs is 1. The van der Waals surface area contributed by atoms with Crippen molar-refractivity contribution in [1.82, 2.24) is 25.4 Å². The number of H-pyrrole nitrogens is 1. The van der Waals surface area contributed by atoms with E-state index in [9.17, 15) is 9.59 Å². The first-order valence-corrected chi connectivity index (χ1v) is 14.1. The topological polar surface area (TPSA) is 80.5 Å². The average molecular weight is 530 g/mol. The van der Waals surface area contributed by atoms with E-state index in [0.717, 1.165) is 49.2 Å². The zero-order valence-corrected chi connectivity index (χ0v) is 22.5. The normalized spacial score (nSPS) is 16.2. The third-order valence-corrected chi connectivity index (χ3v) is 8.22. The Kier molecular flexibility index (Phi) is 8.53.